The van der Waals surface area contributed by atoms with E-state index in [0.717, 1.165) is 19.4 Å². The van der Waals surface area contributed by atoms with Crippen molar-refractivity contribution >= 4 is 5.91 Å². The van der Waals surface area contributed by atoms with Crippen molar-refractivity contribution in [2.45, 2.75) is 18.9 Å². The molecule has 0 spiro atoms. The molecule has 1 fully saturated rings. The fraction of sp³-hybridized carbons (Fsp3) is 0.800. The summed E-state index contributed by atoms with van der Waals surface area (Å²) in [6, 6.07) is -0.171. The molecule has 3 heteroatoms. The highest BCUT2D eigenvalue weighted by atomic mass is 16.1. The van der Waals surface area contributed by atoms with Crippen molar-refractivity contribution in [3.05, 3.63) is 0 Å². The van der Waals surface area contributed by atoms with Crippen molar-refractivity contribution in [1.29, 1.82) is 0 Å². The van der Waals surface area contributed by atoms with E-state index < -0.39 is 0 Å². The lowest BCUT2D eigenvalue weighted by Gasteiger charge is -1.98. The minimum Gasteiger partial charge on any atom is -0.368 e. The van der Waals surface area contributed by atoms with Gasteiger partial charge in [-0.1, -0.05) is 0 Å². The second-order valence-electron chi connectivity index (χ2n) is 1.97. The molecular weight excluding hydrogens is 104 g/mol. The fourth-order valence-corrected chi connectivity index (χ4v) is 0.855. The number of nitrogens with zero attached hydrogens (tertiary/aromatic N) is 1. The second kappa shape index (κ2) is 2.13. The Morgan fingerprint density at radius 2 is 2.50 bits per heavy atom. The second-order valence-corrected chi connectivity index (χ2v) is 1.97. The van der Waals surface area contributed by atoms with Gasteiger partial charge in [0.25, 0.3) is 0 Å². The molecule has 0 bridgehead atoms. The third kappa shape index (κ3) is 0.980. The summed E-state index contributed by atoms with van der Waals surface area (Å²) in [6.07, 6.45) is 1.88. The van der Waals surface area contributed by atoms with Crippen LogP contribution in [0.4, 0.5) is 0 Å². The van der Waals surface area contributed by atoms with Gasteiger partial charge in [-0.3, -0.25) is 4.79 Å². The van der Waals surface area contributed by atoms with Crippen molar-refractivity contribution in [3.8, 4) is 0 Å². The molecule has 1 amide bonds. The molecule has 1 atom stereocenters. The zero-order valence-electron chi connectivity index (χ0n) is 4.63. The highest BCUT2D eigenvalue weighted by Gasteiger charge is 2.19. The topological polar surface area (TPSA) is 57.2 Å². The highest BCUT2D eigenvalue weighted by Crippen LogP contribution is 2.04. The number of amides is 1. The summed E-state index contributed by atoms with van der Waals surface area (Å²) in [5.74, 6) is -0.275. The average Bonchev–Trinajstić information content (AvgIpc) is 2.12. The SMILES string of the molecule is NC(=O)[C@@H]1CCC[N]1. The molecule has 1 heterocycles. The van der Waals surface area contributed by atoms with Crippen molar-refractivity contribution in [2.75, 3.05) is 6.54 Å². The van der Waals surface area contributed by atoms with E-state index in [0.29, 0.717) is 0 Å². The van der Waals surface area contributed by atoms with Crippen LogP contribution >= 0.6 is 0 Å². The standard InChI is InChI=1S/C5H9N2O/c6-5(8)4-2-1-3-7-4/h4H,1-3H2,(H2,6,8)/t4-/m0/s1. The first kappa shape index (κ1) is 5.56. The van der Waals surface area contributed by atoms with Crippen LogP contribution in [0.3, 0.4) is 0 Å². The number of primary amides is 1. The molecule has 0 aromatic carbocycles. The predicted octanol–water partition coefficient (Wildman–Crippen LogP) is -0.762. The Kier molecular flexibility index (Phi) is 1.48. The number of hydrogen-bond donors (Lipinski definition) is 1. The third-order valence-electron chi connectivity index (χ3n) is 1.31. The monoisotopic (exact) mass is 113 g/mol. The Bertz CT molecular complexity index is 96.6. The fourth-order valence-electron chi connectivity index (χ4n) is 0.855. The Balaban J connectivity index is 2.35. The summed E-state index contributed by atoms with van der Waals surface area (Å²) < 4.78 is 0. The van der Waals surface area contributed by atoms with E-state index in [-0.39, 0.29) is 11.9 Å². The summed E-state index contributed by atoms with van der Waals surface area (Å²) in [4.78, 5) is 10.3. The minimum atomic E-state index is -0.275. The van der Waals surface area contributed by atoms with Crippen LogP contribution in [-0.4, -0.2) is 18.5 Å². The molecule has 8 heavy (non-hydrogen) atoms. The average molecular weight is 113 g/mol. The number of nitrogens with two attached hydrogens (primary N) is 1. The summed E-state index contributed by atoms with van der Waals surface area (Å²) in [7, 11) is 0. The molecule has 1 rings (SSSR count). The zero-order valence-corrected chi connectivity index (χ0v) is 4.63. The van der Waals surface area contributed by atoms with Crippen LogP contribution in [-0.2, 0) is 4.79 Å². The molecule has 1 radical (unpaired) electrons. The lowest BCUT2D eigenvalue weighted by Crippen LogP contribution is -2.31. The molecule has 2 N–H and O–H groups in total. The Morgan fingerprint density at radius 3 is 2.75 bits per heavy atom. The van der Waals surface area contributed by atoms with E-state index in [2.05, 4.69) is 5.32 Å². The van der Waals surface area contributed by atoms with Gasteiger partial charge in [0.15, 0.2) is 0 Å². The molecule has 0 saturated carbocycles. The van der Waals surface area contributed by atoms with Gasteiger partial charge in [0.2, 0.25) is 5.91 Å². The van der Waals surface area contributed by atoms with Gasteiger partial charge in [-0.25, -0.2) is 5.32 Å². The summed E-state index contributed by atoms with van der Waals surface area (Å²) in [5, 5.41) is 3.96. The lowest BCUT2D eigenvalue weighted by atomic mass is 10.2. The predicted molar refractivity (Wildman–Crippen MR) is 29.2 cm³/mol. The minimum absolute atomic E-state index is 0.171. The number of rotatable bonds is 1. The summed E-state index contributed by atoms with van der Waals surface area (Å²) >= 11 is 0. The zero-order chi connectivity index (χ0) is 5.98. The molecule has 0 aromatic heterocycles. The molecule has 0 aromatic rings. The van der Waals surface area contributed by atoms with E-state index in [1.54, 1.807) is 0 Å². The smallest absolute Gasteiger partial charge is 0.236 e. The number of carbonyl (C=O) groups is 1. The van der Waals surface area contributed by atoms with Crippen LogP contribution in [0, 0.1) is 0 Å². The van der Waals surface area contributed by atoms with E-state index in [1.807, 2.05) is 0 Å². The van der Waals surface area contributed by atoms with Gasteiger partial charge >= 0.3 is 0 Å². The van der Waals surface area contributed by atoms with Gasteiger partial charge in [-0.2, -0.15) is 0 Å². The molecule has 1 aliphatic rings. The highest BCUT2D eigenvalue weighted by molar-refractivity contribution is 5.79. The van der Waals surface area contributed by atoms with E-state index in [4.69, 9.17) is 5.73 Å². The maximum Gasteiger partial charge on any atom is 0.236 e. The first-order valence-electron chi connectivity index (χ1n) is 2.76. The Morgan fingerprint density at radius 1 is 1.75 bits per heavy atom. The van der Waals surface area contributed by atoms with Crippen LogP contribution in [0.25, 0.3) is 0 Å². The van der Waals surface area contributed by atoms with Gasteiger partial charge < -0.3 is 5.73 Å². The van der Waals surface area contributed by atoms with Crippen molar-refractivity contribution in [3.63, 3.8) is 0 Å². The quantitative estimate of drug-likeness (QED) is 0.477. The van der Waals surface area contributed by atoms with Gasteiger partial charge in [-0.05, 0) is 12.8 Å². The van der Waals surface area contributed by atoms with Crippen LogP contribution in [0.2, 0.25) is 0 Å². The third-order valence-corrected chi connectivity index (χ3v) is 1.31. The van der Waals surface area contributed by atoms with Crippen LogP contribution in [0.1, 0.15) is 12.8 Å². The van der Waals surface area contributed by atoms with Crippen LogP contribution < -0.4 is 11.1 Å². The maximum atomic E-state index is 10.3. The molecular formula is C5H9N2O. The summed E-state index contributed by atoms with van der Waals surface area (Å²) in [6.45, 7) is 0.813. The molecule has 1 saturated heterocycles. The molecule has 3 nitrogen and oxygen atoms in total. The van der Waals surface area contributed by atoms with Gasteiger partial charge in [0.1, 0.15) is 6.04 Å². The van der Waals surface area contributed by atoms with E-state index >= 15 is 0 Å². The van der Waals surface area contributed by atoms with Gasteiger partial charge in [0.05, 0.1) is 0 Å². The van der Waals surface area contributed by atoms with Crippen molar-refractivity contribution in [1.82, 2.24) is 5.32 Å². The van der Waals surface area contributed by atoms with E-state index in [1.165, 1.54) is 0 Å². The normalized spacial score (nSPS) is 28.2. The van der Waals surface area contributed by atoms with Crippen molar-refractivity contribution < 1.29 is 4.79 Å². The van der Waals surface area contributed by atoms with Gasteiger partial charge in [-0.15, -0.1) is 0 Å². The maximum absolute atomic E-state index is 10.3. The first-order valence-corrected chi connectivity index (χ1v) is 2.76. The van der Waals surface area contributed by atoms with Crippen LogP contribution in [0.5, 0.6) is 0 Å². The molecule has 45 valence electrons. The van der Waals surface area contributed by atoms with Crippen molar-refractivity contribution in [2.24, 2.45) is 5.73 Å². The Hall–Kier alpha value is -0.570. The first-order chi connectivity index (χ1) is 3.80. The number of carbonyl (C=O) groups excluding carboxylic acids is 1. The molecule has 0 aliphatic carbocycles. The van der Waals surface area contributed by atoms with E-state index in [9.17, 15) is 4.79 Å². The molecule has 0 unspecified atom stereocenters. The Labute approximate surface area is 48.2 Å². The summed E-state index contributed by atoms with van der Waals surface area (Å²) in [5.41, 5.74) is 4.97. The van der Waals surface area contributed by atoms with Crippen LogP contribution in [0.15, 0.2) is 0 Å². The lowest BCUT2D eigenvalue weighted by molar-refractivity contribution is -0.119. The largest absolute Gasteiger partial charge is 0.368 e. The van der Waals surface area contributed by atoms with Gasteiger partial charge in [0, 0.05) is 6.54 Å². The molecule has 1 aliphatic heterocycles. The number of hydrogen-bond acceptors (Lipinski definition) is 1.